The zero-order chi connectivity index (χ0) is 14.5. The lowest BCUT2D eigenvalue weighted by Crippen LogP contribution is -2.21. The summed E-state index contributed by atoms with van der Waals surface area (Å²) in [5, 5.41) is 13.5. The van der Waals surface area contributed by atoms with Crippen molar-refractivity contribution in [2.24, 2.45) is 13.0 Å². The number of benzene rings is 1. The zero-order valence-corrected chi connectivity index (χ0v) is 11.5. The summed E-state index contributed by atoms with van der Waals surface area (Å²) in [5.74, 6) is 0.0541. The molecule has 1 aromatic heterocycles. The number of aliphatic carboxylic acids is 1. The van der Waals surface area contributed by atoms with Gasteiger partial charge in [-0.25, -0.2) is 0 Å². The van der Waals surface area contributed by atoms with Crippen LogP contribution in [-0.4, -0.2) is 20.9 Å². The van der Waals surface area contributed by atoms with E-state index in [1.165, 1.54) is 0 Å². The molecule has 1 aromatic carbocycles. The fourth-order valence-corrected chi connectivity index (χ4v) is 2.86. The highest BCUT2D eigenvalue weighted by molar-refractivity contribution is 5.86. The average molecular weight is 271 g/mol. The fourth-order valence-electron chi connectivity index (χ4n) is 2.86. The monoisotopic (exact) mass is 271 g/mol. The van der Waals surface area contributed by atoms with Crippen molar-refractivity contribution in [2.45, 2.75) is 18.8 Å². The number of rotatable bonds is 3. The van der Waals surface area contributed by atoms with Crippen LogP contribution in [0.15, 0.2) is 30.5 Å². The summed E-state index contributed by atoms with van der Waals surface area (Å²) < 4.78 is 1.62. The van der Waals surface area contributed by atoms with Gasteiger partial charge in [0.15, 0.2) is 0 Å². The first-order chi connectivity index (χ1) is 9.46. The van der Waals surface area contributed by atoms with E-state index in [2.05, 4.69) is 5.10 Å². The number of nitrogen functional groups attached to an aromatic ring is 1. The lowest BCUT2D eigenvalue weighted by Gasteiger charge is -2.12. The summed E-state index contributed by atoms with van der Waals surface area (Å²) in [4.78, 5) is 11.5. The molecule has 0 aliphatic heterocycles. The van der Waals surface area contributed by atoms with Gasteiger partial charge in [0.25, 0.3) is 0 Å². The first-order valence-electron chi connectivity index (χ1n) is 6.58. The standard InChI is InChI=1S/C15H17N3O2/c1-9-7-15(9,14(19)20)11-5-3-10(4-6-11)12-8-17-18(2)13(12)16/h3-6,8-9H,7,16H2,1-2H3,(H,19,20). The molecule has 1 heterocycles. The van der Waals surface area contributed by atoms with Gasteiger partial charge in [0, 0.05) is 12.6 Å². The largest absolute Gasteiger partial charge is 0.481 e. The molecule has 2 atom stereocenters. The Kier molecular flexibility index (Phi) is 2.61. The van der Waals surface area contributed by atoms with Gasteiger partial charge in [0.1, 0.15) is 5.82 Å². The highest BCUT2D eigenvalue weighted by atomic mass is 16.4. The van der Waals surface area contributed by atoms with E-state index in [1.807, 2.05) is 31.2 Å². The van der Waals surface area contributed by atoms with E-state index < -0.39 is 11.4 Å². The molecule has 1 fully saturated rings. The lowest BCUT2D eigenvalue weighted by molar-refractivity contribution is -0.140. The first kappa shape index (κ1) is 12.7. The molecular weight excluding hydrogens is 254 g/mol. The predicted octanol–water partition coefficient (Wildman–Crippen LogP) is 2.03. The van der Waals surface area contributed by atoms with Gasteiger partial charge in [-0.15, -0.1) is 0 Å². The summed E-state index contributed by atoms with van der Waals surface area (Å²) in [7, 11) is 1.79. The Morgan fingerprint density at radius 1 is 1.45 bits per heavy atom. The molecule has 1 saturated carbocycles. The number of hydrogen-bond donors (Lipinski definition) is 2. The Morgan fingerprint density at radius 3 is 2.45 bits per heavy atom. The molecule has 0 radical (unpaired) electrons. The third-order valence-electron chi connectivity index (χ3n) is 4.39. The number of aryl methyl sites for hydroxylation is 1. The van der Waals surface area contributed by atoms with Gasteiger partial charge in [-0.2, -0.15) is 5.10 Å². The smallest absolute Gasteiger partial charge is 0.314 e. The van der Waals surface area contributed by atoms with Gasteiger partial charge in [-0.05, 0) is 23.5 Å². The van der Waals surface area contributed by atoms with Crippen molar-refractivity contribution in [1.29, 1.82) is 0 Å². The van der Waals surface area contributed by atoms with E-state index in [-0.39, 0.29) is 5.92 Å². The summed E-state index contributed by atoms with van der Waals surface area (Å²) in [6.45, 7) is 1.97. The van der Waals surface area contributed by atoms with Gasteiger partial charge in [-0.1, -0.05) is 31.2 Å². The normalized spacial score (nSPS) is 24.6. The average Bonchev–Trinajstić information content (AvgIpc) is 3.01. The molecule has 2 aromatic rings. The third-order valence-corrected chi connectivity index (χ3v) is 4.39. The second-order valence-electron chi connectivity index (χ2n) is 5.53. The molecular formula is C15H17N3O2. The molecule has 1 aliphatic carbocycles. The van der Waals surface area contributed by atoms with Crippen molar-refractivity contribution in [3.8, 4) is 11.1 Å². The van der Waals surface area contributed by atoms with E-state index in [0.29, 0.717) is 12.2 Å². The maximum absolute atomic E-state index is 11.5. The van der Waals surface area contributed by atoms with Crippen LogP contribution in [0.4, 0.5) is 5.82 Å². The molecule has 104 valence electrons. The Morgan fingerprint density at radius 2 is 2.05 bits per heavy atom. The van der Waals surface area contributed by atoms with Gasteiger partial charge >= 0.3 is 5.97 Å². The maximum atomic E-state index is 11.5. The summed E-state index contributed by atoms with van der Waals surface area (Å²) in [5.41, 5.74) is 7.94. The van der Waals surface area contributed by atoms with Crippen LogP contribution in [-0.2, 0) is 17.3 Å². The second kappa shape index (κ2) is 4.10. The van der Waals surface area contributed by atoms with E-state index >= 15 is 0 Å². The Balaban J connectivity index is 1.97. The quantitative estimate of drug-likeness (QED) is 0.895. The van der Waals surface area contributed by atoms with Crippen LogP contribution in [0.25, 0.3) is 11.1 Å². The van der Waals surface area contributed by atoms with Crippen LogP contribution in [0.5, 0.6) is 0 Å². The number of aromatic nitrogens is 2. The van der Waals surface area contributed by atoms with E-state index in [1.54, 1.807) is 17.9 Å². The van der Waals surface area contributed by atoms with Gasteiger partial charge in [0.05, 0.1) is 11.6 Å². The highest BCUT2D eigenvalue weighted by Gasteiger charge is 2.58. The molecule has 5 heteroatoms. The maximum Gasteiger partial charge on any atom is 0.314 e. The molecule has 3 N–H and O–H groups in total. The topological polar surface area (TPSA) is 81.1 Å². The Labute approximate surface area is 117 Å². The predicted molar refractivity (Wildman–Crippen MR) is 76.2 cm³/mol. The summed E-state index contributed by atoms with van der Waals surface area (Å²) in [6, 6.07) is 7.61. The van der Waals surface area contributed by atoms with E-state index in [0.717, 1.165) is 16.7 Å². The van der Waals surface area contributed by atoms with Crippen molar-refractivity contribution in [1.82, 2.24) is 9.78 Å². The molecule has 0 saturated heterocycles. The molecule has 1 aliphatic rings. The van der Waals surface area contributed by atoms with Crippen molar-refractivity contribution in [3.63, 3.8) is 0 Å². The number of nitrogens with two attached hydrogens (primary N) is 1. The Bertz CT molecular complexity index is 675. The second-order valence-corrected chi connectivity index (χ2v) is 5.53. The fraction of sp³-hybridized carbons (Fsp3) is 0.333. The number of carboxylic acid groups (broad SMARTS) is 1. The van der Waals surface area contributed by atoms with E-state index in [4.69, 9.17) is 5.73 Å². The summed E-state index contributed by atoms with van der Waals surface area (Å²) >= 11 is 0. The SMILES string of the molecule is CC1CC1(C(=O)O)c1ccc(-c2cnn(C)c2N)cc1. The van der Waals surface area contributed by atoms with Crippen LogP contribution in [0.1, 0.15) is 18.9 Å². The van der Waals surface area contributed by atoms with Crippen molar-refractivity contribution in [2.75, 3.05) is 5.73 Å². The highest BCUT2D eigenvalue weighted by Crippen LogP contribution is 2.54. The third kappa shape index (κ3) is 1.62. The van der Waals surface area contributed by atoms with Crippen LogP contribution >= 0.6 is 0 Å². The van der Waals surface area contributed by atoms with Gasteiger partial charge < -0.3 is 10.8 Å². The van der Waals surface area contributed by atoms with Crippen LogP contribution in [0.3, 0.4) is 0 Å². The zero-order valence-electron chi connectivity index (χ0n) is 11.5. The van der Waals surface area contributed by atoms with Crippen LogP contribution in [0.2, 0.25) is 0 Å². The number of carboxylic acids is 1. The first-order valence-corrected chi connectivity index (χ1v) is 6.58. The van der Waals surface area contributed by atoms with Crippen molar-refractivity contribution < 1.29 is 9.90 Å². The van der Waals surface area contributed by atoms with Crippen molar-refractivity contribution in [3.05, 3.63) is 36.0 Å². The van der Waals surface area contributed by atoms with Crippen LogP contribution in [0, 0.1) is 5.92 Å². The molecule has 0 spiro atoms. The molecule has 0 amide bonds. The molecule has 20 heavy (non-hydrogen) atoms. The minimum absolute atomic E-state index is 0.189. The van der Waals surface area contributed by atoms with E-state index in [9.17, 15) is 9.90 Å². The number of anilines is 1. The molecule has 5 nitrogen and oxygen atoms in total. The Hall–Kier alpha value is -2.30. The van der Waals surface area contributed by atoms with Gasteiger partial charge in [0.2, 0.25) is 0 Å². The number of carbonyl (C=O) groups is 1. The molecule has 2 unspecified atom stereocenters. The van der Waals surface area contributed by atoms with Gasteiger partial charge in [-0.3, -0.25) is 9.48 Å². The lowest BCUT2D eigenvalue weighted by atomic mass is 9.92. The minimum Gasteiger partial charge on any atom is -0.481 e. The number of hydrogen-bond acceptors (Lipinski definition) is 3. The van der Waals surface area contributed by atoms with Crippen LogP contribution < -0.4 is 5.73 Å². The summed E-state index contributed by atoms with van der Waals surface area (Å²) in [6.07, 6.45) is 2.42. The molecule has 0 bridgehead atoms. The van der Waals surface area contributed by atoms with Crippen molar-refractivity contribution >= 4 is 11.8 Å². The minimum atomic E-state index is -0.737. The molecule has 3 rings (SSSR count). The number of nitrogens with zero attached hydrogens (tertiary/aromatic N) is 2.